The Bertz CT molecular complexity index is 1360. The van der Waals surface area contributed by atoms with Crippen LogP contribution in [0.5, 0.6) is 0 Å². The topological polar surface area (TPSA) is 112 Å². The minimum absolute atomic E-state index is 0. The molecule has 0 aliphatic heterocycles. The average molecular weight is 431 g/mol. The summed E-state index contributed by atoms with van der Waals surface area (Å²) in [5.41, 5.74) is 22.5. The molecule has 2 rings (SSSR count). The van der Waals surface area contributed by atoms with Crippen molar-refractivity contribution in [1.82, 2.24) is 9.97 Å². The number of aryl methyl sites for hydroxylation is 1. The Labute approximate surface area is 198 Å². The van der Waals surface area contributed by atoms with Gasteiger partial charge in [0.2, 0.25) is 0 Å². The molecule has 1 aromatic carbocycles. The third kappa shape index (κ3) is 11.1. The molecule has 1 aromatic heterocycles. The van der Waals surface area contributed by atoms with Crippen molar-refractivity contribution in [3.8, 4) is 71.5 Å². The number of rotatable bonds is 0. The summed E-state index contributed by atoms with van der Waals surface area (Å²) in [5, 5.41) is 0. The van der Waals surface area contributed by atoms with Gasteiger partial charge in [0.15, 0.2) is 0 Å². The van der Waals surface area contributed by atoms with E-state index in [4.69, 9.17) is 23.2 Å². The predicted molar refractivity (Wildman–Crippen MR) is 143 cm³/mol. The number of nitrogen functional groups attached to an aromatic ring is 1. The molecule has 0 radical (unpaired) electrons. The van der Waals surface area contributed by atoms with Crippen molar-refractivity contribution >= 4 is 16.7 Å². The zero-order valence-electron chi connectivity index (χ0n) is 18.7. The maximum Gasteiger partial charge on any atom is 0.0911 e. The van der Waals surface area contributed by atoms with Gasteiger partial charge in [0.1, 0.15) is 0 Å². The number of anilines is 1. The summed E-state index contributed by atoms with van der Waals surface area (Å²) in [6.07, 6.45) is 4.86. The lowest BCUT2D eigenvalue weighted by molar-refractivity contribution is 0.563. The molecule has 0 saturated carbocycles. The first kappa shape index (κ1) is 27.0. The number of hydrogen-bond acceptors (Lipinski definition) is 4. The van der Waals surface area contributed by atoms with Crippen LogP contribution in [-0.4, -0.2) is 9.97 Å². The van der Waals surface area contributed by atoms with Gasteiger partial charge in [0, 0.05) is 19.7 Å². The highest BCUT2D eigenvalue weighted by atomic mass is 15.0. The van der Waals surface area contributed by atoms with E-state index in [9.17, 15) is 0 Å². The van der Waals surface area contributed by atoms with Crippen LogP contribution in [0.1, 0.15) is 47.6 Å². The Balaban J connectivity index is -0.0000000812. The maximum atomic E-state index is 6.86. The van der Waals surface area contributed by atoms with Gasteiger partial charge < -0.3 is 5.73 Å². The summed E-state index contributed by atoms with van der Waals surface area (Å²) in [4.78, 5) is 11.0. The summed E-state index contributed by atoms with van der Waals surface area (Å²) >= 11 is 0. The average Bonchev–Trinajstić information content (AvgIpc) is 2.73. The minimum atomic E-state index is 0. The van der Waals surface area contributed by atoms with Gasteiger partial charge in [-0.15, -0.1) is 12.0 Å². The highest BCUT2D eigenvalue weighted by Gasteiger charge is 2.19. The van der Waals surface area contributed by atoms with Crippen LogP contribution >= 0.6 is 0 Å². The zero-order valence-corrected chi connectivity index (χ0v) is 18.7. The third-order valence-electron chi connectivity index (χ3n) is 3.27. The third-order valence-corrected chi connectivity index (χ3v) is 3.27. The van der Waals surface area contributed by atoms with Gasteiger partial charge in [-0.05, 0) is 102 Å². The van der Waals surface area contributed by atoms with Crippen molar-refractivity contribution in [2.45, 2.75) is 40.0 Å². The number of aromatic nitrogens is 2. The molecule has 0 spiro atoms. The number of nitrogens with zero attached hydrogens (tertiary/aromatic N) is 4. The summed E-state index contributed by atoms with van der Waals surface area (Å²) in [6, 6.07) is 5.64. The standard InChI is InChI=1S/C13H17N3.C13H4.HN3.6H2/c1-8-12(13(2,3)4)16-11-7-9(14)5-6-10(11)15-8;1-3-5-7-9-11-13-12-10-8-6-4-2;1-3-2;;;;;;/h5-7H,14H2,1-4H3;1H,2H3;1H;6*1H. The van der Waals surface area contributed by atoms with Gasteiger partial charge in [-0.2, -0.15) is 0 Å². The van der Waals surface area contributed by atoms with Gasteiger partial charge in [0.25, 0.3) is 0 Å². The second-order valence-corrected chi connectivity index (χ2v) is 6.78. The molecule has 0 aliphatic carbocycles. The largest absolute Gasteiger partial charge is 0.399 e. The first-order valence-corrected chi connectivity index (χ1v) is 9.13. The summed E-state index contributed by atoms with van der Waals surface area (Å²) < 4.78 is 0. The highest BCUT2D eigenvalue weighted by molar-refractivity contribution is 5.78. The van der Waals surface area contributed by atoms with Crippen molar-refractivity contribution in [2.75, 3.05) is 5.73 Å². The van der Waals surface area contributed by atoms with E-state index in [1.807, 2.05) is 25.1 Å². The molecule has 3 N–H and O–H groups in total. The quantitative estimate of drug-likeness (QED) is 0.180. The van der Waals surface area contributed by atoms with Gasteiger partial charge in [-0.3, -0.25) is 0 Å². The Hall–Kier alpha value is -4.97. The fourth-order valence-electron chi connectivity index (χ4n) is 2.19. The first-order chi connectivity index (χ1) is 15.2. The van der Waals surface area contributed by atoms with E-state index in [0.29, 0.717) is 0 Å². The lowest BCUT2D eigenvalue weighted by atomic mass is 9.90. The number of benzene rings is 1. The van der Waals surface area contributed by atoms with Crippen molar-refractivity contribution in [3.63, 3.8) is 0 Å². The lowest BCUT2D eigenvalue weighted by Crippen LogP contribution is -2.16. The van der Waals surface area contributed by atoms with Crippen LogP contribution in [0.3, 0.4) is 0 Å². The summed E-state index contributed by atoms with van der Waals surface area (Å²) in [5.74, 6) is 26.9. The number of nitrogens with one attached hydrogen (secondary N) is 1. The van der Waals surface area contributed by atoms with Crippen molar-refractivity contribution < 1.29 is 8.56 Å². The molecule has 0 fully saturated rings. The smallest absolute Gasteiger partial charge is 0.0911 e. The van der Waals surface area contributed by atoms with Crippen molar-refractivity contribution in [1.29, 1.82) is 5.53 Å². The first-order valence-electron chi connectivity index (χ1n) is 9.13. The van der Waals surface area contributed by atoms with Crippen molar-refractivity contribution in [3.05, 3.63) is 40.0 Å². The SMILES string of the molecule is C#CC#CC#CC#CC#CC#CC.Cc1nc2ccc(N)cc2nc1C(C)(C)C.[HH].[HH].[HH].[HH].[HH].[HH].[N-]=[N+]=N. The molecule has 32 heavy (non-hydrogen) atoms. The molecular weight excluding hydrogens is 396 g/mol. The van der Waals surface area contributed by atoms with Crippen LogP contribution in [0.25, 0.3) is 21.5 Å². The summed E-state index contributed by atoms with van der Waals surface area (Å²) in [6.45, 7) is 10.1. The van der Waals surface area contributed by atoms with Crippen molar-refractivity contribution in [2.24, 2.45) is 0 Å². The highest BCUT2D eigenvalue weighted by Crippen LogP contribution is 2.25. The van der Waals surface area contributed by atoms with Crippen LogP contribution in [0.15, 0.2) is 18.2 Å². The molecule has 0 aliphatic rings. The van der Waals surface area contributed by atoms with Crippen LogP contribution in [0, 0.1) is 84.0 Å². The van der Waals surface area contributed by atoms with E-state index in [1.165, 1.54) is 0 Å². The molecule has 0 bridgehead atoms. The second-order valence-electron chi connectivity index (χ2n) is 6.78. The fourth-order valence-corrected chi connectivity index (χ4v) is 2.19. The molecule has 2 aromatic rings. The Morgan fingerprint density at radius 1 is 0.969 bits per heavy atom. The number of fused-ring (bicyclic) bond motifs is 1. The van der Waals surface area contributed by atoms with E-state index in [-0.39, 0.29) is 14.0 Å². The Kier molecular flexibility index (Phi) is 12.6. The van der Waals surface area contributed by atoms with E-state index in [1.54, 1.807) is 11.8 Å². The normalized spacial score (nSPS) is 7.75. The molecule has 168 valence electrons. The molecule has 0 atom stereocenters. The van der Waals surface area contributed by atoms with E-state index in [2.05, 4.69) is 95.9 Å². The number of nitrogens with two attached hydrogens (primary N) is 1. The van der Waals surface area contributed by atoms with E-state index in [0.717, 1.165) is 28.1 Å². The lowest BCUT2D eigenvalue weighted by Gasteiger charge is -2.20. The monoisotopic (exact) mass is 430 g/mol. The number of hydrogen-bond donors (Lipinski definition) is 2. The Morgan fingerprint density at radius 2 is 1.47 bits per heavy atom. The van der Waals surface area contributed by atoms with Crippen LogP contribution < -0.4 is 5.73 Å². The number of terminal acetylenes is 1. The predicted octanol–water partition coefficient (Wildman–Crippen LogP) is 5.83. The molecule has 6 heteroatoms. The summed E-state index contributed by atoms with van der Waals surface area (Å²) in [7, 11) is 0. The molecule has 6 nitrogen and oxygen atoms in total. The molecular formula is C26H34N6. The molecule has 1 heterocycles. The van der Waals surface area contributed by atoms with Gasteiger partial charge in [-0.25, -0.2) is 9.97 Å². The minimum Gasteiger partial charge on any atom is -0.399 e. The van der Waals surface area contributed by atoms with Crippen LogP contribution in [-0.2, 0) is 5.41 Å². The van der Waals surface area contributed by atoms with Crippen LogP contribution in [0.4, 0.5) is 5.69 Å². The zero-order chi connectivity index (χ0) is 24.4. The van der Waals surface area contributed by atoms with Crippen LogP contribution in [0.2, 0.25) is 0 Å². The van der Waals surface area contributed by atoms with Gasteiger partial charge in [-0.1, -0.05) is 26.7 Å². The fraction of sp³-hybridized carbons (Fsp3) is 0.231. The molecule has 0 unspecified atom stereocenters. The van der Waals surface area contributed by atoms with Gasteiger partial charge >= 0.3 is 0 Å². The molecule has 0 amide bonds. The van der Waals surface area contributed by atoms with Gasteiger partial charge in [0.05, 0.1) is 22.4 Å². The Morgan fingerprint density at radius 3 is 1.94 bits per heavy atom. The van der Waals surface area contributed by atoms with E-state index >= 15 is 0 Å². The molecule has 0 saturated heterocycles. The van der Waals surface area contributed by atoms with E-state index < -0.39 is 0 Å². The maximum absolute atomic E-state index is 6.86. The second kappa shape index (κ2) is 14.9.